The van der Waals surface area contributed by atoms with Crippen LogP contribution in [0, 0.1) is 6.92 Å². The van der Waals surface area contributed by atoms with E-state index in [9.17, 15) is 9.59 Å². The molecule has 0 aliphatic carbocycles. The van der Waals surface area contributed by atoms with Gasteiger partial charge in [0.1, 0.15) is 29.6 Å². The molecule has 0 radical (unpaired) electrons. The van der Waals surface area contributed by atoms with Gasteiger partial charge in [0.05, 0.1) is 25.4 Å². The molecule has 0 saturated carbocycles. The molecule has 0 unspecified atom stereocenters. The van der Waals surface area contributed by atoms with Crippen LogP contribution in [0.15, 0.2) is 97.1 Å². The van der Waals surface area contributed by atoms with E-state index < -0.39 is 6.04 Å². The summed E-state index contributed by atoms with van der Waals surface area (Å²) < 4.78 is 12.4. The molecule has 208 valence electrons. The molecule has 41 heavy (non-hydrogen) atoms. The van der Waals surface area contributed by atoms with Crippen molar-refractivity contribution >= 4 is 28.5 Å². The van der Waals surface area contributed by atoms with E-state index in [4.69, 9.17) is 9.47 Å². The molecule has 9 nitrogen and oxygen atoms in total. The molecular weight excluding hydrogens is 518 g/mol. The minimum absolute atomic E-state index is 0.0884. The molecule has 0 aliphatic rings. The van der Waals surface area contributed by atoms with E-state index in [0.29, 0.717) is 28.3 Å². The van der Waals surface area contributed by atoms with Crippen molar-refractivity contribution in [2.75, 3.05) is 19.5 Å². The number of ether oxygens (including phenoxy) is 2. The number of carbonyl (C=O) groups excluding carboxylic acids is 2. The molecule has 1 N–H and O–H groups in total. The summed E-state index contributed by atoms with van der Waals surface area (Å²) in [6.07, 6.45) is 0. The molecule has 5 aromatic rings. The standard InChI is InChI=1S/C32H31N5O4/c1-22-13-15-24(16-14-22)31(32(39)33-27-18-17-25(40-2)19-29(27)41-3)36(20-23-9-5-4-6-10-23)30(38)21-37-28-12-8-7-11-26(28)34-35-37/h4-19,31H,20-21H2,1-3H3,(H,33,39)/t31-/m0/s1. The zero-order chi connectivity index (χ0) is 28.8. The Balaban J connectivity index is 1.55. The predicted molar refractivity (Wildman–Crippen MR) is 157 cm³/mol. The molecule has 0 spiro atoms. The van der Waals surface area contributed by atoms with E-state index in [-0.39, 0.29) is 24.9 Å². The summed E-state index contributed by atoms with van der Waals surface area (Å²) in [5, 5.41) is 11.4. The Morgan fingerprint density at radius 3 is 2.37 bits per heavy atom. The lowest BCUT2D eigenvalue weighted by molar-refractivity contribution is -0.140. The number of nitrogens with one attached hydrogen (secondary N) is 1. The monoisotopic (exact) mass is 549 g/mol. The van der Waals surface area contributed by atoms with Gasteiger partial charge in [0, 0.05) is 12.6 Å². The molecule has 9 heteroatoms. The van der Waals surface area contributed by atoms with Crippen molar-refractivity contribution < 1.29 is 19.1 Å². The number of rotatable bonds is 10. The number of nitrogens with zero attached hydrogens (tertiary/aromatic N) is 4. The van der Waals surface area contributed by atoms with Crippen LogP contribution in [0.1, 0.15) is 22.7 Å². The molecule has 5 rings (SSSR count). The Kier molecular flexibility index (Phi) is 8.24. The van der Waals surface area contributed by atoms with E-state index >= 15 is 0 Å². The second-order valence-electron chi connectivity index (χ2n) is 9.61. The summed E-state index contributed by atoms with van der Waals surface area (Å²) in [6.45, 7) is 2.09. The summed E-state index contributed by atoms with van der Waals surface area (Å²) in [6, 6.07) is 28.9. The Hall–Kier alpha value is -5.18. The van der Waals surface area contributed by atoms with Crippen LogP contribution < -0.4 is 14.8 Å². The Morgan fingerprint density at radius 2 is 1.63 bits per heavy atom. The van der Waals surface area contributed by atoms with Crippen LogP contribution in [0.5, 0.6) is 11.5 Å². The number of amides is 2. The Labute approximate surface area is 238 Å². The molecule has 1 atom stereocenters. The van der Waals surface area contributed by atoms with Gasteiger partial charge in [0.15, 0.2) is 0 Å². The normalized spacial score (nSPS) is 11.6. The molecular formula is C32H31N5O4. The molecule has 4 aromatic carbocycles. The first-order valence-corrected chi connectivity index (χ1v) is 13.2. The highest BCUT2D eigenvalue weighted by atomic mass is 16.5. The maximum absolute atomic E-state index is 14.1. The van der Waals surface area contributed by atoms with Crippen molar-refractivity contribution in [3.05, 3.63) is 114 Å². The van der Waals surface area contributed by atoms with Gasteiger partial charge in [-0.2, -0.15) is 0 Å². The number of carbonyl (C=O) groups is 2. The number of aryl methyl sites for hydroxylation is 1. The lowest BCUT2D eigenvalue weighted by Gasteiger charge is -2.32. The van der Waals surface area contributed by atoms with Crippen molar-refractivity contribution in [2.45, 2.75) is 26.1 Å². The van der Waals surface area contributed by atoms with E-state index in [2.05, 4.69) is 15.6 Å². The number of benzene rings is 4. The highest BCUT2D eigenvalue weighted by Crippen LogP contribution is 2.32. The topological polar surface area (TPSA) is 98.6 Å². The predicted octanol–water partition coefficient (Wildman–Crippen LogP) is 5.17. The quantitative estimate of drug-likeness (QED) is 0.258. The van der Waals surface area contributed by atoms with Crippen molar-refractivity contribution in [1.82, 2.24) is 19.9 Å². The van der Waals surface area contributed by atoms with Gasteiger partial charge < -0.3 is 19.7 Å². The van der Waals surface area contributed by atoms with Crippen LogP contribution in [-0.2, 0) is 22.7 Å². The maximum Gasteiger partial charge on any atom is 0.251 e. The van der Waals surface area contributed by atoms with Crippen LogP contribution in [0.25, 0.3) is 11.0 Å². The van der Waals surface area contributed by atoms with Crippen molar-refractivity contribution in [3.8, 4) is 11.5 Å². The summed E-state index contributed by atoms with van der Waals surface area (Å²) in [5.41, 5.74) is 4.49. The zero-order valence-corrected chi connectivity index (χ0v) is 23.2. The summed E-state index contributed by atoms with van der Waals surface area (Å²) in [4.78, 5) is 29.9. The molecule has 1 heterocycles. The van der Waals surface area contributed by atoms with Crippen molar-refractivity contribution in [3.63, 3.8) is 0 Å². The summed E-state index contributed by atoms with van der Waals surface area (Å²) in [5.74, 6) is 0.364. The van der Waals surface area contributed by atoms with Crippen molar-refractivity contribution in [2.24, 2.45) is 0 Å². The molecule has 0 saturated heterocycles. The average Bonchev–Trinajstić information content (AvgIpc) is 3.41. The van der Waals surface area contributed by atoms with Crippen LogP contribution in [-0.4, -0.2) is 45.9 Å². The maximum atomic E-state index is 14.1. The third-order valence-electron chi connectivity index (χ3n) is 6.84. The summed E-state index contributed by atoms with van der Waals surface area (Å²) in [7, 11) is 3.08. The number of fused-ring (bicyclic) bond motifs is 1. The third-order valence-corrected chi connectivity index (χ3v) is 6.84. The molecule has 0 fully saturated rings. The average molecular weight is 550 g/mol. The van der Waals surface area contributed by atoms with Gasteiger partial charge in [0.2, 0.25) is 5.91 Å². The van der Waals surface area contributed by atoms with E-state index in [1.54, 1.807) is 34.9 Å². The largest absolute Gasteiger partial charge is 0.497 e. The van der Waals surface area contributed by atoms with Gasteiger partial charge in [0.25, 0.3) is 5.91 Å². The van der Waals surface area contributed by atoms with Crippen LogP contribution >= 0.6 is 0 Å². The molecule has 0 aliphatic heterocycles. The number of aromatic nitrogens is 3. The van der Waals surface area contributed by atoms with E-state index in [0.717, 1.165) is 16.6 Å². The van der Waals surface area contributed by atoms with Gasteiger partial charge in [-0.15, -0.1) is 5.10 Å². The minimum Gasteiger partial charge on any atom is -0.497 e. The van der Waals surface area contributed by atoms with E-state index in [1.807, 2.05) is 85.8 Å². The lowest BCUT2D eigenvalue weighted by atomic mass is 10.0. The zero-order valence-electron chi connectivity index (χ0n) is 23.2. The van der Waals surface area contributed by atoms with Gasteiger partial charge in [-0.25, -0.2) is 4.68 Å². The van der Waals surface area contributed by atoms with E-state index in [1.165, 1.54) is 7.11 Å². The van der Waals surface area contributed by atoms with Gasteiger partial charge >= 0.3 is 0 Å². The molecule has 0 bridgehead atoms. The number of methoxy groups -OCH3 is 2. The minimum atomic E-state index is -0.954. The van der Waals surface area contributed by atoms with Gasteiger partial charge in [-0.1, -0.05) is 77.5 Å². The fraction of sp³-hybridized carbons (Fsp3) is 0.188. The molecule has 2 amide bonds. The van der Waals surface area contributed by atoms with Gasteiger partial charge in [-0.3, -0.25) is 9.59 Å². The smallest absolute Gasteiger partial charge is 0.251 e. The number of hydrogen-bond donors (Lipinski definition) is 1. The number of anilines is 1. The lowest BCUT2D eigenvalue weighted by Crippen LogP contribution is -2.42. The van der Waals surface area contributed by atoms with Crippen molar-refractivity contribution in [1.29, 1.82) is 0 Å². The second-order valence-corrected chi connectivity index (χ2v) is 9.61. The number of hydrogen-bond acceptors (Lipinski definition) is 6. The first-order valence-electron chi connectivity index (χ1n) is 13.2. The fourth-order valence-corrected chi connectivity index (χ4v) is 4.68. The second kappa shape index (κ2) is 12.3. The highest BCUT2D eigenvalue weighted by Gasteiger charge is 2.32. The van der Waals surface area contributed by atoms with Crippen LogP contribution in [0.4, 0.5) is 5.69 Å². The molecule has 1 aromatic heterocycles. The Morgan fingerprint density at radius 1 is 0.902 bits per heavy atom. The summed E-state index contributed by atoms with van der Waals surface area (Å²) >= 11 is 0. The SMILES string of the molecule is COc1ccc(NC(=O)[C@H](c2ccc(C)cc2)N(Cc2ccccc2)C(=O)Cn2nnc3ccccc32)c(OC)c1. The first-order chi connectivity index (χ1) is 20.0. The Bertz CT molecular complexity index is 1650. The highest BCUT2D eigenvalue weighted by molar-refractivity contribution is 5.99. The van der Waals surface area contributed by atoms with Gasteiger partial charge in [-0.05, 0) is 42.3 Å². The van der Waals surface area contributed by atoms with Crippen LogP contribution in [0.2, 0.25) is 0 Å². The first kappa shape index (κ1) is 27.4. The third kappa shape index (κ3) is 6.19. The number of para-hydroxylation sites is 1. The fourth-order valence-electron chi connectivity index (χ4n) is 4.68. The van der Waals surface area contributed by atoms with Crippen LogP contribution in [0.3, 0.4) is 0 Å².